The van der Waals surface area contributed by atoms with E-state index in [1.165, 1.54) is 11.7 Å². The molecule has 0 bridgehead atoms. The average molecular weight is 319 g/mol. The molecule has 0 aliphatic carbocycles. The summed E-state index contributed by atoms with van der Waals surface area (Å²) in [5.74, 6) is -0.238. The third-order valence-corrected chi connectivity index (χ3v) is 2.73. The van der Waals surface area contributed by atoms with Crippen molar-refractivity contribution in [2.75, 3.05) is 19.0 Å². The second-order valence-corrected chi connectivity index (χ2v) is 4.23. The van der Waals surface area contributed by atoms with Gasteiger partial charge in [0.2, 0.25) is 5.75 Å². The molecule has 0 unspecified atom stereocenters. The van der Waals surface area contributed by atoms with E-state index in [2.05, 4.69) is 20.9 Å². The number of ether oxygens (including phenoxy) is 2. The highest BCUT2D eigenvalue weighted by molar-refractivity contribution is 9.09. The zero-order valence-electron chi connectivity index (χ0n) is 10.5. The Bertz CT molecular complexity index is 499. The van der Waals surface area contributed by atoms with Crippen LogP contribution in [-0.2, 0) is 18.2 Å². The smallest absolute Gasteiger partial charge is 0.361 e. The topological polar surface area (TPSA) is 70.4 Å². The van der Waals surface area contributed by atoms with Crippen LogP contribution in [0.5, 0.6) is 5.75 Å². The van der Waals surface area contributed by atoms with E-state index >= 15 is 0 Å². The van der Waals surface area contributed by atoms with Crippen LogP contribution in [0.25, 0.3) is 0 Å². The molecule has 0 atom stereocenters. The Kier molecular flexibility index (Phi) is 5.33. The molecule has 18 heavy (non-hydrogen) atoms. The summed E-state index contributed by atoms with van der Waals surface area (Å²) >= 11 is 3.27. The van der Waals surface area contributed by atoms with Gasteiger partial charge >= 0.3 is 5.97 Å². The number of alkyl halides is 1. The molecular weight excluding hydrogens is 304 g/mol. The Morgan fingerprint density at radius 3 is 2.67 bits per heavy atom. The summed E-state index contributed by atoms with van der Waals surface area (Å²) in [4.78, 5) is 27.9. The number of methoxy groups -OCH3 is 1. The predicted molar refractivity (Wildman–Crippen MR) is 69.5 cm³/mol. The van der Waals surface area contributed by atoms with E-state index in [4.69, 9.17) is 9.47 Å². The van der Waals surface area contributed by atoms with E-state index in [1.807, 2.05) is 0 Å². The van der Waals surface area contributed by atoms with Gasteiger partial charge in [0, 0.05) is 18.8 Å². The maximum atomic E-state index is 12.0. The first-order chi connectivity index (χ1) is 8.56. The second-order valence-electron chi connectivity index (χ2n) is 3.43. The summed E-state index contributed by atoms with van der Waals surface area (Å²) in [5.41, 5.74) is -0.468. The van der Waals surface area contributed by atoms with Crippen molar-refractivity contribution in [3.05, 3.63) is 21.9 Å². The first-order valence-corrected chi connectivity index (χ1v) is 6.55. The van der Waals surface area contributed by atoms with Crippen molar-refractivity contribution in [3.63, 3.8) is 0 Å². The molecule has 0 aromatic carbocycles. The molecule has 0 N–H and O–H groups in total. The van der Waals surface area contributed by atoms with E-state index in [0.29, 0.717) is 17.6 Å². The average Bonchev–Trinajstić information content (AvgIpc) is 2.35. The highest BCUT2D eigenvalue weighted by Gasteiger charge is 2.21. The van der Waals surface area contributed by atoms with Crippen molar-refractivity contribution in [2.45, 2.75) is 13.3 Å². The molecule has 0 spiro atoms. The minimum absolute atomic E-state index is 0.0709. The Labute approximate surface area is 113 Å². The van der Waals surface area contributed by atoms with Gasteiger partial charge in [0.1, 0.15) is 5.82 Å². The number of hydrogen-bond donors (Lipinski definition) is 0. The molecule has 0 aliphatic heterocycles. The minimum atomic E-state index is -0.650. The van der Waals surface area contributed by atoms with Crippen LogP contribution < -0.4 is 10.3 Å². The number of carbonyl (C=O) groups is 1. The van der Waals surface area contributed by atoms with Crippen LogP contribution in [0, 0.1) is 0 Å². The van der Waals surface area contributed by atoms with Crippen molar-refractivity contribution >= 4 is 21.9 Å². The summed E-state index contributed by atoms with van der Waals surface area (Å²) < 4.78 is 11.2. The second kappa shape index (κ2) is 6.53. The van der Waals surface area contributed by atoms with Gasteiger partial charge < -0.3 is 9.47 Å². The molecule has 0 amide bonds. The maximum absolute atomic E-state index is 12.0. The molecular formula is C11H15BrN2O4. The van der Waals surface area contributed by atoms with Crippen molar-refractivity contribution in [2.24, 2.45) is 7.05 Å². The van der Waals surface area contributed by atoms with Gasteiger partial charge in [-0.3, -0.25) is 9.36 Å². The first kappa shape index (κ1) is 14.7. The van der Waals surface area contributed by atoms with Crippen LogP contribution in [-0.4, -0.2) is 34.6 Å². The number of aryl methyl sites for hydroxylation is 1. The van der Waals surface area contributed by atoms with Gasteiger partial charge in [0.05, 0.1) is 13.7 Å². The van der Waals surface area contributed by atoms with E-state index < -0.39 is 11.5 Å². The molecule has 0 fully saturated rings. The van der Waals surface area contributed by atoms with Crippen molar-refractivity contribution in [1.82, 2.24) is 9.55 Å². The molecule has 1 aromatic heterocycles. The maximum Gasteiger partial charge on any atom is 0.361 e. The number of hydrogen-bond acceptors (Lipinski definition) is 5. The van der Waals surface area contributed by atoms with Gasteiger partial charge in [0.15, 0.2) is 5.69 Å². The molecule has 0 aliphatic rings. The van der Waals surface area contributed by atoms with E-state index in [-0.39, 0.29) is 18.1 Å². The Morgan fingerprint density at radius 1 is 1.50 bits per heavy atom. The highest BCUT2D eigenvalue weighted by Crippen LogP contribution is 2.13. The number of esters is 1. The normalized spacial score (nSPS) is 10.2. The van der Waals surface area contributed by atoms with E-state index in [0.717, 1.165) is 0 Å². The van der Waals surface area contributed by atoms with Crippen molar-refractivity contribution in [3.8, 4) is 5.75 Å². The molecule has 0 saturated heterocycles. The summed E-state index contributed by atoms with van der Waals surface area (Å²) in [6.07, 6.45) is 0.530. The van der Waals surface area contributed by atoms with Crippen LogP contribution in [0.3, 0.4) is 0 Å². The molecule has 0 radical (unpaired) electrons. The number of carbonyl (C=O) groups excluding carboxylic acids is 1. The van der Waals surface area contributed by atoms with Crippen LogP contribution in [0.2, 0.25) is 0 Å². The molecule has 100 valence electrons. The minimum Gasteiger partial charge on any atom is -0.489 e. The lowest BCUT2D eigenvalue weighted by Crippen LogP contribution is -2.27. The lowest BCUT2D eigenvalue weighted by atomic mass is 10.3. The Hall–Kier alpha value is -1.37. The fraction of sp³-hybridized carbons (Fsp3) is 0.545. The van der Waals surface area contributed by atoms with Gasteiger partial charge in [-0.15, -0.1) is 0 Å². The van der Waals surface area contributed by atoms with Gasteiger partial charge in [0.25, 0.3) is 5.56 Å². The molecule has 6 nitrogen and oxygen atoms in total. The zero-order valence-corrected chi connectivity index (χ0v) is 12.1. The summed E-state index contributed by atoms with van der Waals surface area (Å²) in [6, 6.07) is 0. The summed E-state index contributed by atoms with van der Waals surface area (Å²) in [6.45, 7) is 1.90. The lowest BCUT2D eigenvalue weighted by molar-refractivity contribution is 0.0514. The van der Waals surface area contributed by atoms with Crippen molar-refractivity contribution < 1.29 is 14.3 Å². The Morgan fingerprint density at radius 2 is 2.17 bits per heavy atom. The van der Waals surface area contributed by atoms with Crippen molar-refractivity contribution in [1.29, 1.82) is 0 Å². The lowest BCUT2D eigenvalue weighted by Gasteiger charge is -2.11. The van der Waals surface area contributed by atoms with Crippen LogP contribution in [0.1, 0.15) is 23.2 Å². The van der Waals surface area contributed by atoms with Crippen LogP contribution in [0.4, 0.5) is 0 Å². The summed E-state index contributed by atoms with van der Waals surface area (Å²) in [7, 11) is 2.91. The van der Waals surface area contributed by atoms with E-state index in [9.17, 15) is 9.59 Å². The predicted octanol–water partition coefficient (Wildman–Crippen LogP) is 0.903. The largest absolute Gasteiger partial charge is 0.489 e. The van der Waals surface area contributed by atoms with E-state index in [1.54, 1.807) is 14.0 Å². The molecule has 0 saturated carbocycles. The van der Waals surface area contributed by atoms with Crippen LogP contribution in [0.15, 0.2) is 4.79 Å². The monoisotopic (exact) mass is 318 g/mol. The highest BCUT2D eigenvalue weighted by atomic mass is 79.9. The van der Waals surface area contributed by atoms with Gasteiger partial charge in [-0.2, -0.15) is 0 Å². The number of halogens is 1. The van der Waals surface area contributed by atoms with Gasteiger partial charge in [-0.05, 0) is 6.92 Å². The fourth-order valence-corrected chi connectivity index (χ4v) is 1.81. The van der Waals surface area contributed by atoms with Gasteiger partial charge in [-0.1, -0.05) is 15.9 Å². The standard InChI is InChI=1S/C11H15BrN2O4/c1-4-18-11(16)8-9(17-3)10(15)14(2)7(13-8)5-6-12/h4-6H2,1-3H3. The molecule has 1 rings (SSSR count). The molecule has 1 heterocycles. The zero-order chi connectivity index (χ0) is 13.7. The molecule has 7 heteroatoms. The summed E-state index contributed by atoms with van der Waals surface area (Å²) in [5, 5.41) is 0.641. The number of nitrogens with zero attached hydrogens (tertiary/aromatic N) is 2. The molecule has 1 aromatic rings. The quantitative estimate of drug-likeness (QED) is 0.596. The van der Waals surface area contributed by atoms with Gasteiger partial charge in [-0.25, -0.2) is 9.78 Å². The number of aromatic nitrogens is 2. The van der Waals surface area contributed by atoms with Crippen LogP contribution >= 0.6 is 15.9 Å². The third kappa shape index (κ3) is 2.90. The third-order valence-electron chi connectivity index (χ3n) is 2.33. The Balaban J connectivity index is 3.39. The number of rotatable bonds is 5. The SMILES string of the molecule is CCOC(=O)c1nc(CCBr)n(C)c(=O)c1OC. The first-order valence-electron chi connectivity index (χ1n) is 5.43. The fourth-order valence-electron chi connectivity index (χ4n) is 1.46.